The Hall–Kier alpha value is -3.30. The van der Waals surface area contributed by atoms with Gasteiger partial charge in [-0.05, 0) is 110 Å². The molecular weight excluding hydrogens is 913 g/mol. The molecule has 2 aliphatic rings. The second kappa shape index (κ2) is 20.7. The molecule has 62 heavy (non-hydrogen) atoms. The van der Waals surface area contributed by atoms with Gasteiger partial charge in [-0.15, -0.1) is 68.0 Å². The summed E-state index contributed by atoms with van der Waals surface area (Å²) in [6.07, 6.45) is 17.8. The Morgan fingerprint density at radius 1 is 0.452 bits per heavy atom. The van der Waals surface area contributed by atoms with Crippen LogP contribution in [0.4, 0.5) is 11.4 Å². The van der Waals surface area contributed by atoms with Crippen molar-refractivity contribution in [2.24, 2.45) is 0 Å². The van der Waals surface area contributed by atoms with E-state index >= 15 is 0 Å². The lowest BCUT2D eigenvalue weighted by molar-refractivity contribution is 0.608. The molecule has 0 bridgehead atoms. The molecule has 8 heterocycles. The van der Waals surface area contributed by atoms with Crippen molar-refractivity contribution in [3.8, 4) is 51.2 Å². The number of anilines is 2. The molecule has 9 rings (SSSR count). The third-order valence-electron chi connectivity index (χ3n) is 11.5. The molecule has 2 N–H and O–H groups in total. The molecule has 0 aliphatic carbocycles. The second-order valence-electron chi connectivity index (χ2n) is 16.0. The highest BCUT2D eigenvalue weighted by Crippen LogP contribution is 2.57. The maximum Gasteiger partial charge on any atom is 0.112 e. The zero-order valence-electron chi connectivity index (χ0n) is 35.1. The minimum absolute atomic E-state index is 0.186. The monoisotopic (exact) mass is 962 g/mol. The predicted octanol–water partition coefficient (Wildman–Crippen LogP) is 18.7. The van der Waals surface area contributed by atoms with Crippen molar-refractivity contribution in [3.63, 3.8) is 0 Å². The Morgan fingerprint density at radius 2 is 0.839 bits per heavy atom. The van der Waals surface area contributed by atoms with Gasteiger partial charge in [0.25, 0.3) is 0 Å². The van der Waals surface area contributed by atoms with E-state index in [2.05, 4.69) is 97.3 Å². The molecule has 0 spiro atoms. The summed E-state index contributed by atoms with van der Waals surface area (Å²) in [6.45, 7) is 4.57. The van der Waals surface area contributed by atoms with Crippen LogP contribution in [0.25, 0.3) is 39.0 Å². The molecule has 6 aromatic heterocycles. The van der Waals surface area contributed by atoms with Crippen molar-refractivity contribution in [1.82, 2.24) is 0 Å². The third-order valence-corrected chi connectivity index (χ3v) is 21.6. The van der Waals surface area contributed by atoms with Crippen molar-refractivity contribution in [1.29, 1.82) is 10.5 Å². The molecule has 12 heteroatoms. The lowest BCUT2D eigenvalue weighted by Crippen LogP contribution is -1.98. The zero-order valence-corrected chi connectivity index (χ0v) is 41.7. The molecule has 0 fully saturated rings. The van der Waals surface area contributed by atoms with Gasteiger partial charge in [-0.25, -0.2) is 0 Å². The van der Waals surface area contributed by atoms with Crippen molar-refractivity contribution in [2.75, 3.05) is 10.6 Å². The molecule has 0 saturated carbocycles. The standard InChI is InChI=1S/C50H50N4S8/c1-3-5-7-9-11-13-15-31-25-45(59-47(31)41-23-21-39(57-41)37-19-17-33(29-51)55-37)49-53-35-27-44-36(28-43(35)61-49)54-50(62-44)46-26-32(16-14-12-10-8-6-4-2)48(60-46)42-24-22-40(58-42)38-20-18-34(30-52)56-38/h17-28,49-50,53-54H,3-16H2,1-2H3. The second-order valence-corrected chi connectivity index (χ2v) is 24.8. The first kappa shape index (κ1) is 43.9. The topological polar surface area (TPSA) is 71.6 Å². The largest absolute Gasteiger partial charge is 0.368 e. The highest BCUT2D eigenvalue weighted by Gasteiger charge is 2.32. The fourth-order valence-electron chi connectivity index (χ4n) is 8.22. The van der Waals surface area contributed by atoms with Crippen LogP contribution in [0.5, 0.6) is 0 Å². The smallest absolute Gasteiger partial charge is 0.112 e. The number of fused-ring (bicyclic) bond motifs is 2. The maximum atomic E-state index is 9.42. The van der Waals surface area contributed by atoms with Crippen LogP contribution in [-0.4, -0.2) is 0 Å². The van der Waals surface area contributed by atoms with Gasteiger partial charge in [0.05, 0.1) is 11.4 Å². The van der Waals surface area contributed by atoms with Gasteiger partial charge in [0, 0.05) is 58.6 Å². The summed E-state index contributed by atoms with van der Waals surface area (Å²) in [6, 6.07) is 31.5. The maximum absolute atomic E-state index is 9.42. The molecule has 2 atom stereocenters. The fraction of sp³-hybridized carbons (Fsp3) is 0.360. The van der Waals surface area contributed by atoms with Crippen LogP contribution in [-0.2, 0) is 12.8 Å². The number of aryl methyl sites for hydroxylation is 2. The molecular formula is C50H50N4S8. The minimum Gasteiger partial charge on any atom is -0.368 e. The summed E-state index contributed by atoms with van der Waals surface area (Å²) in [5.74, 6) is 0. The lowest BCUT2D eigenvalue weighted by atomic mass is 10.0. The Morgan fingerprint density at radius 3 is 1.26 bits per heavy atom. The van der Waals surface area contributed by atoms with Crippen LogP contribution in [0.3, 0.4) is 0 Å². The highest BCUT2D eigenvalue weighted by atomic mass is 32.2. The summed E-state index contributed by atoms with van der Waals surface area (Å²) < 4.78 is 0. The quantitative estimate of drug-likeness (QED) is 0.0742. The van der Waals surface area contributed by atoms with E-state index in [0.29, 0.717) is 0 Å². The number of hydrogen-bond donors (Lipinski definition) is 2. The van der Waals surface area contributed by atoms with Crippen molar-refractivity contribution < 1.29 is 0 Å². The molecule has 0 saturated heterocycles. The summed E-state index contributed by atoms with van der Waals surface area (Å²) in [4.78, 5) is 17.3. The number of rotatable bonds is 20. The first-order valence-electron chi connectivity index (χ1n) is 22.0. The summed E-state index contributed by atoms with van der Waals surface area (Å²) in [5, 5.41) is 27.1. The molecule has 0 amide bonds. The number of nitriles is 2. The molecule has 318 valence electrons. The first-order chi connectivity index (χ1) is 30.5. The average molecular weight is 964 g/mol. The first-order valence-corrected chi connectivity index (χ1v) is 28.7. The number of nitrogens with zero attached hydrogens (tertiary/aromatic N) is 2. The summed E-state index contributed by atoms with van der Waals surface area (Å²) in [7, 11) is 0. The molecule has 1 aromatic carbocycles. The van der Waals surface area contributed by atoms with Crippen LogP contribution in [0.1, 0.15) is 132 Å². The molecule has 7 aromatic rings. The van der Waals surface area contributed by atoms with E-state index in [0.717, 1.165) is 22.6 Å². The molecule has 0 radical (unpaired) electrons. The van der Waals surface area contributed by atoms with Crippen LogP contribution < -0.4 is 10.6 Å². The van der Waals surface area contributed by atoms with Crippen molar-refractivity contribution in [3.05, 3.63) is 103 Å². The Labute approximate surface area is 399 Å². The van der Waals surface area contributed by atoms with Crippen LogP contribution in [0, 0.1) is 22.7 Å². The molecule has 2 unspecified atom stereocenters. The Balaban J connectivity index is 0.913. The van der Waals surface area contributed by atoms with Gasteiger partial charge < -0.3 is 10.6 Å². The zero-order chi connectivity index (χ0) is 42.4. The number of unbranched alkanes of at least 4 members (excludes halogenated alkanes) is 10. The van der Waals surface area contributed by atoms with E-state index in [1.165, 1.54) is 158 Å². The van der Waals surface area contributed by atoms with E-state index in [4.69, 9.17) is 0 Å². The third kappa shape index (κ3) is 9.99. The Kier molecular flexibility index (Phi) is 14.7. The van der Waals surface area contributed by atoms with Gasteiger partial charge in [-0.3, -0.25) is 0 Å². The molecule has 2 aliphatic heterocycles. The number of thiophene rings is 6. The number of thioether (sulfide) groups is 2. The van der Waals surface area contributed by atoms with Gasteiger partial charge >= 0.3 is 0 Å². The van der Waals surface area contributed by atoms with Crippen LogP contribution in [0.2, 0.25) is 0 Å². The number of benzene rings is 1. The van der Waals surface area contributed by atoms with Gasteiger partial charge in [-0.2, -0.15) is 10.5 Å². The number of hydrogen-bond acceptors (Lipinski definition) is 12. The average Bonchev–Trinajstić information content (AvgIpc) is 4.13. The Bertz CT molecular complexity index is 2490. The highest BCUT2D eigenvalue weighted by molar-refractivity contribution is 8.00. The van der Waals surface area contributed by atoms with Crippen LogP contribution in [0.15, 0.2) is 82.6 Å². The van der Waals surface area contributed by atoms with E-state index in [9.17, 15) is 10.5 Å². The van der Waals surface area contributed by atoms with Crippen molar-refractivity contribution >= 4 is 103 Å². The summed E-state index contributed by atoms with van der Waals surface area (Å²) >= 11 is 14.7. The van der Waals surface area contributed by atoms with Crippen LogP contribution >= 0.6 is 91.5 Å². The lowest BCUT2D eigenvalue weighted by Gasteiger charge is -2.08. The normalized spacial score (nSPS) is 15.3. The minimum atomic E-state index is 0.186. The van der Waals surface area contributed by atoms with E-state index < -0.39 is 0 Å². The van der Waals surface area contributed by atoms with E-state index in [1.54, 1.807) is 22.7 Å². The van der Waals surface area contributed by atoms with E-state index in [1.807, 2.05) is 81.0 Å². The number of nitrogens with one attached hydrogen (secondary N) is 2. The van der Waals surface area contributed by atoms with E-state index in [-0.39, 0.29) is 10.7 Å². The summed E-state index contributed by atoms with van der Waals surface area (Å²) in [5.41, 5.74) is 5.42. The predicted molar refractivity (Wildman–Crippen MR) is 276 cm³/mol. The van der Waals surface area contributed by atoms with Crippen molar-refractivity contribution in [2.45, 2.75) is 124 Å². The fourth-order valence-corrected chi connectivity index (χ4v) is 17.3. The van der Waals surface area contributed by atoms with Gasteiger partial charge in [0.15, 0.2) is 0 Å². The van der Waals surface area contributed by atoms with Gasteiger partial charge in [0.1, 0.15) is 32.6 Å². The SMILES string of the molecule is CCCCCCCCc1cc(C2Nc3cc4c(cc3S2)NC(c2cc(CCCCCCCC)c(-c3ccc(-c5ccc(C#N)s5)s3)s2)S4)sc1-c1ccc(-c2ccc(C#N)s2)s1. The van der Waals surface area contributed by atoms with Gasteiger partial charge in [0.2, 0.25) is 0 Å². The molecule has 4 nitrogen and oxygen atoms in total. The van der Waals surface area contributed by atoms with Gasteiger partial charge in [-0.1, -0.05) is 102 Å².